The molecule has 0 aliphatic carbocycles. The van der Waals surface area contributed by atoms with Crippen molar-refractivity contribution in [2.75, 3.05) is 7.11 Å². The van der Waals surface area contributed by atoms with Crippen LogP contribution in [0.5, 0.6) is 11.5 Å². The Balaban J connectivity index is 3.35. The molecule has 0 N–H and O–H groups in total. The molecule has 0 aliphatic heterocycles. The topological polar surface area (TPSA) is 78.9 Å². The first kappa shape index (κ1) is 18.7. The van der Waals surface area contributed by atoms with Gasteiger partial charge in [-0.15, -0.1) is 0 Å². The predicted molar refractivity (Wildman–Crippen MR) is 83.6 cm³/mol. The van der Waals surface area contributed by atoms with Crippen LogP contribution in [0.15, 0.2) is 12.1 Å². The van der Waals surface area contributed by atoms with E-state index in [9.17, 15) is 14.4 Å². The molecule has 126 valence electrons. The van der Waals surface area contributed by atoms with Crippen molar-refractivity contribution in [2.24, 2.45) is 0 Å². The normalized spacial score (nSPS) is 10.1. The summed E-state index contributed by atoms with van der Waals surface area (Å²) in [4.78, 5) is 34.6. The number of rotatable bonds is 7. The summed E-state index contributed by atoms with van der Waals surface area (Å²) in [6.45, 7) is 4.58. The summed E-state index contributed by atoms with van der Waals surface area (Å²) in [6.07, 6.45) is 3.44. The van der Waals surface area contributed by atoms with Gasteiger partial charge in [-0.05, 0) is 24.5 Å². The highest BCUT2D eigenvalue weighted by Crippen LogP contribution is 2.31. The Bertz CT molecular complexity index is 591. The lowest BCUT2D eigenvalue weighted by atomic mass is 9.99. The second kappa shape index (κ2) is 8.92. The maximum Gasteiger partial charge on any atom is 0.341 e. The quantitative estimate of drug-likeness (QED) is 0.436. The summed E-state index contributed by atoms with van der Waals surface area (Å²) in [5.74, 6) is -1.40. The van der Waals surface area contributed by atoms with E-state index in [1.807, 2.05) is 0 Å². The zero-order valence-electron chi connectivity index (χ0n) is 13.9. The molecule has 0 fully saturated rings. The molecular weight excluding hydrogens is 300 g/mol. The first-order chi connectivity index (χ1) is 10.9. The third kappa shape index (κ3) is 5.73. The Hall–Kier alpha value is -2.37. The number of benzene rings is 1. The van der Waals surface area contributed by atoms with Gasteiger partial charge in [0.25, 0.3) is 0 Å². The van der Waals surface area contributed by atoms with Crippen LogP contribution in [0, 0.1) is 0 Å². The first-order valence-corrected chi connectivity index (χ1v) is 7.51. The Morgan fingerprint density at radius 1 is 1.00 bits per heavy atom. The van der Waals surface area contributed by atoms with E-state index in [0.717, 1.165) is 19.3 Å². The number of carbonyl (C=O) groups excluding carboxylic acids is 3. The second-order valence-corrected chi connectivity index (χ2v) is 5.09. The highest BCUT2D eigenvalue weighted by atomic mass is 16.6. The predicted octanol–water partition coefficient (Wildman–Crippen LogP) is 3.06. The zero-order valence-corrected chi connectivity index (χ0v) is 13.9. The van der Waals surface area contributed by atoms with Gasteiger partial charge in [-0.1, -0.05) is 19.8 Å². The molecule has 0 radical (unpaired) electrons. The molecule has 0 aromatic heterocycles. The SMILES string of the molecule is CCCCCc1cc(OC(C)=O)cc(OC(C)=O)c1C(=O)OC. The van der Waals surface area contributed by atoms with Crippen LogP contribution in [0.25, 0.3) is 0 Å². The zero-order chi connectivity index (χ0) is 17.4. The largest absolute Gasteiger partial charge is 0.465 e. The number of aryl methyl sites for hydroxylation is 1. The van der Waals surface area contributed by atoms with Gasteiger partial charge < -0.3 is 14.2 Å². The van der Waals surface area contributed by atoms with Crippen LogP contribution in [0.2, 0.25) is 0 Å². The molecule has 0 heterocycles. The lowest BCUT2D eigenvalue weighted by molar-refractivity contribution is -0.132. The number of hydrogen-bond acceptors (Lipinski definition) is 6. The lowest BCUT2D eigenvalue weighted by Gasteiger charge is -2.15. The van der Waals surface area contributed by atoms with E-state index in [4.69, 9.17) is 14.2 Å². The first-order valence-electron chi connectivity index (χ1n) is 7.51. The van der Waals surface area contributed by atoms with Crippen LogP contribution in [-0.2, 0) is 20.7 Å². The summed E-state index contributed by atoms with van der Waals surface area (Å²) in [5.41, 5.74) is 0.815. The van der Waals surface area contributed by atoms with E-state index < -0.39 is 17.9 Å². The minimum atomic E-state index is -0.595. The van der Waals surface area contributed by atoms with Crippen LogP contribution in [0.1, 0.15) is 56.0 Å². The molecule has 6 heteroatoms. The van der Waals surface area contributed by atoms with Crippen molar-refractivity contribution in [2.45, 2.75) is 46.5 Å². The Kier molecular flexibility index (Phi) is 7.25. The highest BCUT2D eigenvalue weighted by Gasteiger charge is 2.22. The number of methoxy groups -OCH3 is 1. The molecule has 6 nitrogen and oxygen atoms in total. The fourth-order valence-corrected chi connectivity index (χ4v) is 2.20. The standard InChI is InChI=1S/C17H22O6/c1-5-6-7-8-13-9-14(22-11(2)18)10-15(23-12(3)19)16(13)17(20)21-4/h9-10H,5-8H2,1-4H3. The van der Waals surface area contributed by atoms with Gasteiger partial charge in [0, 0.05) is 19.9 Å². The summed E-state index contributed by atoms with van der Waals surface area (Å²) in [5, 5.41) is 0. The minimum Gasteiger partial charge on any atom is -0.465 e. The molecule has 1 rings (SSSR count). The smallest absolute Gasteiger partial charge is 0.341 e. The van der Waals surface area contributed by atoms with Crippen molar-refractivity contribution < 1.29 is 28.6 Å². The van der Waals surface area contributed by atoms with Crippen molar-refractivity contribution in [1.29, 1.82) is 0 Å². The number of unbranched alkanes of at least 4 members (excludes halogenated alkanes) is 2. The van der Waals surface area contributed by atoms with Crippen molar-refractivity contribution in [3.8, 4) is 11.5 Å². The van der Waals surface area contributed by atoms with E-state index in [0.29, 0.717) is 12.0 Å². The van der Waals surface area contributed by atoms with Crippen molar-refractivity contribution in [3.63, 3.8) is 0 Å². The van der Waals surface area contributed by atoms with E-state index in [1.165, 1.54) is 27.0 Å². The minimum absolute atomic E-state index is 0.0367. The maximum absolute atomic E-state index is 12.1. The summed E-state index contributed by atoms with van der Waals surface area (Å²) < 4.78 is 15.0. The average Bonchev–Trinajstić information content (AvgIpc) is 2.45. The summed E-state index contributed by atoms with van der Waals surface area (Å²) in [7, 11) is 1.26. The van der Waals surface area contributed by atoms with Crippen molar-refractivity contribution >= 4 is 17.9 Å². The molecular formula is C17H22O6. The second-order valence-electron chi connectivity index (χ2n) is 5.09. The fourth-order valence-electron chi connectivity index (χ4n) is 2.20. The summed E-state index contributed by atoms with van der Waals surface area (Å²) in [6, 6.07) is 2.95. The van der Waals surface area contributed by atoms with E-state index in [2.05, 4.69) is 6.92 Å². The van der Waals surface area contributed by atoms with Crippen LogP contribution in [0.4, 0.5) is 0 Å². The molecule has 0 aliphatic rings. The molecule has 0 saturated heterocycles. The van der Waals surface area contributed by atoms with Crippen LogP contribution in [-0.4, -0.2) is 25.0 Å². The van der Waals surface area contributed by atoms with Gasteiger partial charge in [0.05, 0.1) is 7.11 Å². The van der Waals surface area contributed by atoms with Crippen LogP contribution < -0.4 is 9.47 Å². The fraction of sp³-hybridized carbons (Fsp3) is 0.471. The Labute approximate surface area is 135 Å². The molecule has 0 atom stereocenters. The average molecular weight is 322 g/mol. The van der Waals surface area contributed by atoms with Crippen molar-refractivity contribution in [1.82, 2.24) is 0 Å². The van der Waals surface area contributed by atoms with Crippen LogP contribution in [0.3, 0.4) is 0 Å². The van der Waals surface area contributed by atoms with Gasteiger partial charge in [-0.3, -0.25) is 9.59 Å². The molecule has 1 aromatic carbocycles. The third-order valence-corrected chi connectivity index (χ3v) is 3.11. The van der Waals surface area contributed by atoms with E-state index >= 15 is 0 Å². The van der Waals surface area contributed by atoms with Gasteiger partial charge in [0.1, 0.15) is 17.1 Å². The number of ether oxygens (including phenoxy) is 3. The molecule has 0 bridgehead atoms. The van der Waals surface area contributed by atoms with Gasteiger partial charge in [0.2, 0.25) is 0 Å². The third-order valence-electron chi connectivity index (χ3n) is 3.11. The molecule has 0 amide bonds. The molecule has 1 aromatic rings. The summed E-state index contributed by atoms with van der Waals surface area (Å²) >= 11 is 0. The molecule has 0 spiro atoms. The van der Waals surface area contributed by atoms with Crippen molar-refractivity contribution in [3.05, 3.63) is 23.3 Å². The van der Waals surface area contributed by atoms with Crippen LogP contribution >= 0.6 is 0 Å². The van der Waals surface area contributed by atoms with Gasteiger partial charge in [0.15, 0.2) is 0 Å². The van der Waals surface area contributed by atoms with Gasteiger partial charge >= 0.3 is 17.9 Å². The monoisotopic (exact) mass is 322 g/mol. The highest BCUT2D eigenvalue weighted by molar-refractivity contribution is 5.95. The Morgan fingerprint density at radius 2 is 1.65 bits per heavy atom. The lowest BCUT2D eigenvalue weighted by Crippen LogP contribution is -2.13. The van der Waals surface area contributed by atoms with E-state index in [-0.39, 0.29) is 17.1 Å². The maximum atomic E-state index is 12.1. The number of hydrogen-bond donors (Lipinski definition) is 0. The molecule has 0 unspecified atom stereocenters. The molecule has 0 saturated carbocycles. The van der Waals surface area contributed by atoms with Gasteiger partial charge in [-0.2, -0.15) is 0 Å². The number of esters is 3. The molecule has 23 heavy (non-hydrogen) atoms. The number of carbonyl (C=O) groups is 3. The van der Waals surface area contributed by atoms with Gasteiger partial charge in [-0.25, -0.2) is 4.79 Å². The van der Waals surface area contributed by atoms with E-state index in [1.54, 1.807) is 6.07 Å². The Morgan fingerprint density at radius 3 is 2.17 bits per heavy atom.